The van der Waals surface area contributed by atoms with Gasteiger partial charge in [-0.05, 0) is 89.9 Å². The lowest BCUT2D eigenvalue weighted by atomic mass is 10.0. The molecule has 2 unspecified atom stereocenters. The summed E-state index contributed by atoms with van der Waals surface area (Å²) in [7, 11) is 0. The van der Waals surface area contributed by atoms with Crippen LogP contribution in [0.4, 0.5) is 0 Å². The van der Waals surface area contributed by atoms with E-state index in [1.54, 1.807) is 6.08 Å². The lowest BCUT2D eigenvalue weighted by Gasteiger charge is -2.20. The van der Waals surface area contributed by atoms with Gasteiger partial charge in [0.15, 0.2) is 0 Å². The van der Waals surface area contributed by atoms with E-state index in [1.165, 1.54) is 327 Å². The topological polar surface area (TPSA) is 95.9 Å². The molecule has 0 bridgehead atoms. The van der Waals surface area contributed by atoms with Crippen molar-refractivity contribution in [3.8, 4) is 0 Å². The first-order chi connectivity index (χ1) is 41.0. The minimum absolute atomic E-state index is 0.0139. The highest BCUT2D eigenvalue weighted by atomic mass is 16.5. The average Bonchev–Trinajstić information content (AvgIpc) is 3.49. The van der Waals surface area contributed by atoms with Crippen molar-refractivity contribution in [2.45, 2.75) is 418 Å². The van der Waals surface area contributed by atoms with E-state index < -0.39 is 12.1 Å². The molecule has 0 aliphatic carbocycles. The Kier molecular flexibility index (Phi) is 70.4. The number of amides is 1. The molecule has 83 heavy (non-hydrogen) atoms. The van der Waals surface area contributed by atoms with E-state index in [-0.39, 0.29) is 18.5 Å². The second-order valence-corrected chi connectivity index (χ2v) is 25.6. The summed E-state index contributed by atoms with van der Waals surface area (Å²) in [6.07, 6.45) is 94.9. The van der Waals surface area contributed by atoms with Gasteiger partial charge in [-0.2, -0.15) is 0 Å². The van der Waals surface area contributed by atoms with Crippen LogP contribution in [0.5, 0.6) is 0 Å². The number of allylic oxidation sites excluding steroid dienone is 7. The van der Waals surface area contributed by atoms with Crippen LogP contribution in [0.1, 0.15) is 406 Å². The van der Waals surface area contributed by atoms with Crippen molar-refractivity contribution < 1.29 is 24.5 Å². The largest absolute Gasteiger partial charge is 0.466 e. The van der Waals surface area contributed by atoms with Crippen LogP contribution in [0.3, 0.4) is 0 Å². The molecule has 488 valence electrons. The minimum atomic E-state index is -0.844. The predicted molar refractivity (Wildman–Crippen MR) is 366 cm³/mol. The van der Waals surface area contributed by atoms with E-state index in [2.05, 4.69) is 55.6 Å². The maximum absolute atomic E-state index is 12.5. The van der Waals surface area contributed by atoms with Crippen molar-refractivity contribution in [2.75, 3.05) is 13.2 Å². The lowest BCUT2D eigenvalue weighted by molar-refractivity contribution is -0.143. The maximum Gasteiger partial charge on any atom is 0.305 e. The highest BCUT2D eigenvalue weighted by molar-refractivity contribution is 5.76. The Morgan fingerprint density at radius 2 is 0.602 bits per heavy atom. The Balaban J connectivity index is 3.37. The number of ether oxygens (including phenoxy) is 1. The number of hydrogen-bond donors (Lipinski definition) is 3. The zero-order valence-electron chi connectivity index (χ0n) is 55.9. The molecule has 0 saturated carbocycles. The highest BCUT2D eigenvalue weighted by Crippen LogP contribution is 2.19. The molecule has 0 spiro atoms. The minimum Gasteiger partial charge on any atom is -0.466 e. The van der Waals surface area contributed by atoms with Crippen molar-refractivity contribution in [3.05, 3.63) is 48.6 Å². The number of carbonyl (C=O) groups is 2. The number of rotatable bonds is 70. The first kappa shape index (κ1) is 80.8. The van der Waals surface area contributed by atoms with Crippen molar-refractivity contribution in [1.29, 1.82) is 0 Å². The van der Waals surface area contributed by atoms with Crippen LogP contribution in [0.2, 0.25) is 0 Å². The van der Waals surface area contributed by atoms with E-state index in [4.69, 9.17) is 4.74 Å². The fourth-order valence-corrected chi connectivity index (χ4v) is 11.6. The summed E-state index contributed by atoms with van der Waals surface area (Å²) < 4.78 is 5.51. The fraction of sp³-hybridized carbons (Fsp3) is 0.870. The van der Waals surface area contributed by atoms with Gasteiger partial charge >= 0.3 is 5.97 Å². The van der Waals surface area contributed by atoms with E-state index >= 15 is 0 Å². The Hall–Kier alpha value is -2.18. The van der Waals surface area contributed by atoms with E-state index in [0.717, 1.165) is 51.4 Å². The summed E-state index contributed by atoms with van der Waals surface area (Å²) in [6.45, 7) is 4.91. The summed E-state index contributed by atoms with van der Waals surface area (Å²) >= 11 is 0. The van der Waals surface area contributed by atoms with Crippen LogP contribution in [0.25, 0.3) is 0 Å². The molecule has 0 aliphatic heterocycles. The summed E-state index contributed by atoms with van der Waals surface area (Å²) in [4.78, 5) is 24.6. The molecule has 0 radical (unpaired) electrons. The maximum atomic E-state index is 12.5. The summed E-state index contributed by atoms with van der Waals surface area (Å²) in [6, 6.07) is -0.627. The van der Waals surface area contributed by atoms with E-state index in [9.17, 15) is 19.8 Å². The number of nitrogens with one attached hydrogen (secondary N) is 1. The van der Waals surface area contributed by atoms with Crippen LogP contribution in [0.15, 0.2) is 48.6 Å². The Labute approximate surface area is 518 Å². The quantitative estimate of drug-likeness (QED) is 0.0320. The summed E-state index contributed by atoms with van der Waals surface area (Å²) in [5.41, 5.74) is 0. The van der Waals surface area contributed by atoms with Crippen LogP contribution in [-0.2, 0) is 14.3 Å². The van der Waals surface area contributed by atoms with Crippen LogP contribution >= 0.6 is 0 Å². The standard InChI is InChI=1S/C77H145NO5/c1-3-5-7-9-11-13-15-17-19-21-35-39-43-47-51-55-59-63-67-71-77(82)83-72-68-64-60-56-52-48-44-40-37-34-32-30-28-26-24-22-23-25-27-29-31-33-36-38-42-46-50-54-58-62-66-70-76(81)78-74(73-79)75(80)69-65-61-57-53-49-45-41-20-18-16-14-12-10-8-6-4-2/h11,13,17,19,24,26,65,69,74-75,79-80H,3-10,12,14-16,18,20-23,25,27-64,66-68,70-73H2,1-2H3,(H,78,81)/b13-11-,19-17-,26-24-,69-65+. The molecular formula is C77H145NO5. The predicted octanol–water partition coefficient (Wildman–Crippen LogP) is 24.4. The van der Waals surface area contributed by atoms with Gasteiger partial charge in [0.1, 0.15) is 0 Å². The lowest BCUT2D eigenvalue weighted by Crippen LogP contribution is -2.45. The molecule has 0 fully saturated rings. The molecule has 6 heteroatoms. The molecule has 0 aromatic heterocycles. The molecule has 0 heterocycles. The van der Waals surface area contributed by atoms with Crippen LogP contribution in [0, 0.1) is 0 Å². The van der Waals surface area contributed by atoms with Crippen molar-refractivity contribution in [1.82, 2.24) is 5.32 Å². The summed E-state index contributed by atoms with van der Waals surface area (Å²) in [5.74, 6) is -0.0496. The normalized spacial score (nSPS) is 12.8. The van der Waals surface area contributed by atoms with Gasteiger partial charge in [0.05, 0.1) is 25.4 Å². The van der Waals surface area contributed by atoms with Gasteiger partial charge in [-0.15, -0.1) is 0 Å². The van der Waals surface area contributed by atoms with Gasteiger partial charge in [0.25, 0.3) is 0 Å². The monoisotopic (exact) mass is 1160 g/mol. The molecule has 0 aromatic carbocycles. The third-order valence-electron chi connectivity index (χ3n) is 17.3. The number of aliphatic hydroxyl groups excluding tert-OH is 2. The van der Waals surface area contributed by atoms with Gasteiger partial charge in [-0.1, -0.05) is 351 Å². The first-order valence-corrected chi connectivity index (χ1v) is 37.4. The first-order valence-electron chi connectivity index (χ1n) is 37.4. The number of esters is 1. The SMILES string of the molecule is CCCCC/C=C\C/C=C\CCCCCCCCCCCC(=O)OCCCCCCCCCCCCCC/C=C\CCCCCCCCCCCCCCCCCC(=O)NC(CO)C(O)/C=C/CCCCCCCCCCCCCCCC. The molecule has 6 nitrogen and oxygen atoms in total. The van der Waals surface area contributed by atoms with Gasteiger partial charge in [0, 0.05) is 12.8 Å². The molecule has 0 aromatic rings. The van der Waals surface area contributed by atoms with Gasteiger partial charge in [-0.3, -0.25) is 9.59 Å². The zero-order valence-corrected chi connectivity index (χ0v) is 55.9. The number of aliphatic hydroxyl groups is 2. The zero-order chi connectivity index (χ0) is 59.9. The van der Waals surface area contributed by atoms with Crippen LogP contribution in [-0.4, -0.2) is 47.4 Å². The number of carbonyl (C=O) groups excluding carboxylic acids is 2. The third kappa shape index (κ3) is 68.8. The van der Waals surface area contributed by atoms with Gasteiger partial charge in [0.2, 0.25) is 5.91 Å². The van der Waals surface area contributed by atoms with Crippen molar-refractivity contribution in [3.63, 3.8) is 0 Å². The van der Waals surface area contributed by atoms with Crippen molar-refractivity contribution in [2.24, 2.45) is 0 Å². The molecular weight excluding hydrogens is 1020 g/mol. The highest BCUT2D eigenvalue weighted by Gasteiger charge is 2.18. The second-order valence-electron chi connectivity index (χ2n) is 25.6. The average molecular weight is 1170 g/mol. The van der Waals surface area contributed by atoms with Crippen LogP contribution < -0.4 is 5.32 Å². The fourth-order valence-electron chi connectivity index (χ4n) is 11.6. The van der Waals surface area contributed by atoms with Gasteiger partial charge < -0.3 is 20.3 Å². The molecule has 0 aliphatic rings. The molecule has 0 rings (SSSR count). The molecule has 3 N–H and O–H groups in total. The van der Waals surface area contributed by atoms with Crippen molar-refractivity contribution >= 4 is 11.9 Å². The molecule has 1 amide bonds. The second kappa shape index (κ2) is 72.3. The van der Waals surface area contributed by atoms with E-state index in [1.807, 2.05) is 6.08 Å². The Bertz CT molecular complexity index is 1390. The third-order valence-corrected chi connectivity index (χ3v) is 17.3. The Morgan fingerprint density at radius 3 is 0.952 bits per heavy atom. The summed E-state index contributed by atoms with van der Waals surface area (Å²) in [5, 5.41) is 23.2. The number of hydrogen-bond acceptors (Lipinski definition) is 5. The molecule has 0 saturated heterocycles. The smallest absolute Gasteiger partial charge is 0.305 e. The van der Waals surface area contributed by atoms with E-state index in [0.29, 0.717) is 19.4 Å². The molecule has 2 atom stereocenters. The Morgan fingerprint density at radius 1 is 0.337 bits per heavy atom. The number of unbranched alkanes of at least 4 members (excludes halogenated alkanes) is 53. The van der Waals surface area contributed by atoms with Gasteiger partial charge in [-0.25, -0.2) is 0 Å².